The second kappa shape index (κ2) is 5.17. The van der Waals surface area contributed by atoms with Crippen LogP contribution in [-0.2, 0) is 6.18 Å². The molecule has 114 valence electrons. The van der Waals surface area contributed by atoms with E-state index < -0.39 is 11.9 Å². The van der Waals surface area contributed by atoms with Crippen molar-refractivity contribution < 1.29 is 13.2 Å². The largest absolute Gasteiger partial charge is 0.435 e. The lowest BCUT2D eigenvalue weighted by atomic mass is 10.3. The molecule has 0 spiro atoms. The van der Waals surface area contributed by atoms with Crippen LogP contribution in [0, 0.1) is 6.92 Å². The third-order valence-corrected chi connectivity index (χ3v) is 3.21. The van der Waals surface area contributed by atoms with E-state index in [0.717, 1.165) is 10.6 Å². The van der Waals surface area contributed by atoms with Gasteiger partial charge in [-0.2, -0.15) is 22.8 Å². The smallest absolute Gasteiger partial charge is 0.340 e. The first-order valence-corrected chi connectivity index (χ1v) is 6.68. The summed E-state index contributed by atoms with van der Waals surface area (Å²) in [7, 11) is 0. The third kappa shape index (κ3) is 2.85. The molecule has 0 radical (unpaired) electrons. The molecule has 1 aromatic carbocycles. The number of nitrogens with zero attached hydrogens (tertiary/aromatic N) is 3. The number of aromatic nitrogens is 3. The number of nitrogens with one attached hydrogen (secondary N) is 1. The predicted octanol–water partition coefficient (Wildman–Crippen LogP) is 4.45. The molecule has 0 atom stereocenters. The molecule has 4 nitrogen and oxygen atoms in total. The SMILES string of the molecule is Cc1cc(Nc2ccc(Cl)cc2)n2nc(C(F)(F)F)cc2n1. The summed E-state index contributed by atoms with van der Waals surface area (Å²) < 4.78 is 39.5. The van der Waals surface area contributed by atoms with Gasteiger partial charge in [-0.25, -0.2) is 4.98 Å². The van der Waals surface area contributed by atoms with Crippen LogP contribution in [0.5, 0.6) is 0 Å². The Morgan fingerprint density at radius 3 is 2.45 bits per heavy atom. The fourth-order valence-corrected chi connectivity index (χ4v) is 2.13. The van der Waals surface area contributed by atoms with Crippen molar-refractivity contribution in [1.82, 2.24) is 14.6 Å². The molecule has 0 aliphatic carbocycles. The van der Waals surface area contributed by atoms with Crippen LogP contribution in [0.1, 0.15) is 11.4 Å². The lowest BCUT2D eigenvalue weighted by Gasteiger charge is -2.09. The van der Waals surface area contributed by atoms with E-state index in [0.29, 0.717) is 22.2 Å². The first-order chi connectivity index (χ1) is 10.3. The van der Waals surface area contributed by atoms with Gasteiger partial charge < -0.3 is 5.32 Å². The summed E-state index contributed by atoms with van der Waals surface area (Å²) in [5.41, 5.74) is 0.409. The maximum atomic E-state index is 12.8. The Bertz CT molecular complexity index is 824. The molecule has 3 rings (SSSR count). The van der Waals surface area contributed by atoms with Crippen LogP contribution in [-0.4, -0.2) is 14.6 Å². The van der Waals surface area contributed by atoms with Gasteiger partial charge in [0, 0.05) is 28.5 Å². The number of fused-ring (bicyclic) bond motifs is 1. The zero-order valence-electron chi connectivity index (χ0n) is 11.3. The van der Waals surface area contributed by atoms with Crippen molar-refractivity contribution in [2.45, 2.75) is 13.1 Å². The van der Waals surface area contributed by atoms with Gasteiger partial charge in [0.25, 0.3) is 0 Å². The van der Waals surface area contributed by atoms with Crippen LogP contribution in [0.25, 0.3) is 5.65 Å². The molecule has 0 aliphatic heterocycles. The van der Waals surface area contributed by atoms with Gasteiger partial charge in [-0.15, -0.1) is 0 Å². The molecule has 3 aromatic rings. The number of rotatable bonds is 2. The Kier molecular flexibility index (Phi) is 3.44. The topological polar surface area (TPSA) is 42.2 Å². The summed E-state index contributed by atoms with van der Waals surface area (Å²) in [6.45, 7) is 1.70. The van der Waals surface area contributed by atoms with Crippen molar-refractivity contribution in [3.8, 4) is 0 Å². The highest BCUT2D eigenvalue weighted by Crippen LogP contribution is 2.30. The molecule has 22 heavy (non-hydrogen) atoms. The minimum atomic E-state index is -4.51. The van der Waals surface area contributed by atoms with Crippen LogP contribution >= 0.6 is 11.6 Å². The molecule has 0 aliphatic rings. The highest BCUT2D eigenvalue weighted by atomic mass is 35.5. The molecule has 0 saturated carbocycles. The van der Waals surface area contributed by atoms with Crippen molar-refractivity contribution >= 4 is 28.8 Å². The maximum Gasteiger partial charge on any atom is 0.435 e. The van der Waals surface area contributed by atoms with E-state index in [1.54, 1.807) is 37.3 Å². The van der Waals surface area contributed by atoms with Crippen molar-refractivity contribution in [1.29, 1.82) is 0 Å². The quantitative estimate of drug-likeness (QED) is 0.756. The molecule has 0 unspecified atom stereocenters. The molecule has 2 aromatic heterocycles. The van der Waals surface area contributed by atoms with Gasteiger partial charge in [0.05, 0.1) is 0 Å². The molecular weight excluding hydrogens is 317 g/mol. The molecule has 1 N–H and O–H groups in total. The molecule has 0 bridgehead atoms. The number of hydrogen-bond acceptors (Lipinski definition) is 3. The highest BCUT2D eigenvalue weighted by molar-refractivity contribution is 6.30. The summed E-state index contributed by atoms with van der Waals surface area (Å²) in [5, 5.41) is 7.16. The number of anilines is 2. The van der Waals surface area contributed by atoms with Gasteiger partial charge >= 0.3 is 6.18 Å². The lowest BCUT2D eigenvalue weighted by Crippen LogP contribution is -2.07. The summed E-state index contributed by atoms with van der Waals surface area (Å²) in [5.74, 6) is 0.389. The second-order valence-electron chi connectivity index (χ2n) is 4.71. The van der Waals surface area contributed by atoms with E-state index in [1.165, 1.54) is 0 Å². The zero-order valence-corrected chi connectivity index (χ0v) is 12.1. The van der Waals surface area contributed by atoms with Crippen molar-refractivity contribution in [2.24, 2.45) is 0 Å². The van der Waals surface area contributed by atoms with E-state index in [4.69, 9.17) is 11.6 Å². The average Bonchev–Trinajstić information content (AvgIpc) is 2.85. The number of benzene rings is 1. The number of alkyl halides is 3. The summed E-state index contributed by atoms with van der Waals surface area (Å²) in [6, 6.07) is 9.34. The normalized spacial score (nSPS) is 11.9. The first kappa shape index (κ1) is 14.6. The van der Waals surface area contributed by atoms with E-state index in [1.807, 2.05) is 0 Å². The highest BCUT2D eigenvalue weighted by Gasteiger charge is 2.34. The van der Waals surface area contributed by atoms with Gasteiger partial charge in [-0.1, -0.05) is 11.6 Å². The predicted molar refractivity (Wildman–Crippen MR) is 77.5 cm³/mol. The second-order valence-corrected chi connectivity index (χ2v) is 5.15. The average molecular weight is 327 g/mol. The van der Waals surface area contributed by atoms with Crippen LogP contribution < -0.4 is 5.32 Å². The minimum Gasteiger partial charge on any atom is -0.340 e. The Hall–Kier alpha value is -2.28. The Morgan fingerprint density at radius 2 is 1.82 bits per heavy atom. The van der Waals surface area contributed by atoms with Crippen LogP contribution in [0.2, 0.25) is 5.02 Å². The summed E-state index contributed by atoms with van der Waals surface area (Å²) in [6.07, 6.45) is -4.51. The van der Waals surface area contributed by atoms with Gasteiger partial charge in [-0.3, -0.25) is 0 Å². The lowest BCUT2D eigenvalue weighted by molar-refractivity contribution is -0.141. The maximum absolute atomic E-state index is 12.8. The Morgan fingerprint density at radius 1 is 1.14 bits per heavy atom. The number of aryl methyl sites for hydroxylation is 1. The molecule has 2 heterocycles. The standard InChI is InChI=1S/C14H10ClF3N4/c1-8-6-12(20-10-4-2-9(15)3-5-10)22-13(19-8)7-11(21-22)14(16,17)18/h2-7,20H,1H3. The van der Waals surface area contributed by atoms with Crippen LogP contribution in [0.3, 0.4) is 0 Å². The number of halogens is 4. The van der Waals surface area contributed by atoms with Crippen molar-refractivity contribution in [3.63, 3.8) is 0 Å². The molecular formula is C14H10ClF3N4. The van der Waals surface area contributed by atoms with E-state index in [-0.39, 0.29) is 5.65 Å². The minimum absolute atomic E-state index is 0.129. The Balaban J connectivity index is 2.08. The van der Waals surface area contributed by atoms with E-state index >= 15 is 0 Å². The van der Waals surface area contributed by atoms with Crippen molar-refractivity contribution in [3.05, 3.63) is 52.8 Å². The third-order valence-electron chi connectivity index (χ3n) is 2.96. The molecule has 0 saturated heterocycles. The van der Waals surface area contributed by atoms with E-state index in [2.05, 4.69) is 15.4 Å². The van der Waals surface area contributed by atoms with Crippen LogP contribution in [0.15, 0.2) is 36.4 Å². The summed E-state index contributed by atoms with van der Waals surface area (Å²) >= 11 is 5.81. The summed E-state index contributed by atoms with van der Waals surface area (Å²) in [4.78, 5) is 4.07. The first-order valence-electron chi connectivity index (χ1n) is 6.30. The fourth-order valence-electron chi connectivity index (χ4n) is 2.01. The Labute approximate surface area is 128 Å². The van der Waals surface area contributed by atoms with Gasteiger partial charge in [0.1, 0.15) is 5.82 Å². The van der Waals surface area contributed by atoms with Gasteiger partial charge in [0.15, 0.2) is 11.3 Å². The fraction of sp³-hybridized carbons (Fsp3) is 0.143. The van der Waals surface area contributed by atoms with E-state index in [9.17, 15) is 13.2 Å². The zero-order chi connectivity index (χ0) is 15.9. The molecule has 0 amide bonds. The molecule has 0 fully saturated rings. The monoisotopic (exact) mass is 326 g/mol. The number of hydrogen-bond donors (Lipinski definition) is 1. The van der Waals surface area contributed by atoms with Crippen molar-refractivity contribution in [2.75, 3.05) is 5.32 Å². The van der Waals surface area contributed by atoms with Gasteiger partial charge in [-0.05, 0) is 31.2 Å². The van der Waals surface area contributed by atoms with Gasteiger partial charge in [0.2, 0.25) is 0 Å². The molecule has 8 heteroatoms. The van der Waals surface area contributed by atoms with Crippen LogP contribution in [0.4, 0.5) is 24.7 Å².